The van der Waals surface area contributed by atoms with Crippen molar-refractivity contribution < 1.29 is 13.7 Å². The van der Waals surface area contributed by atoms with Gasteiger partial charge in [-0.3, -0.25) is 0 Å². The van der Waals surface area contributed by atoms with Gasteiger partial charge in [-0.1, -0.05) is 12.1 Å². The van der Waals surface area contributed by atoms with Crippen LogP contribution in [0.2, 0.25) is 0 Å². The van der Waals surface area contributed by atoms with E-state index in [2.05, 4.69) is 48.9 Å². The van der Waals surface area contributed by atoms with Crippen LogP contribution >= 0.6 is 0 Å². The first-order valence-corrected chi connectivity index (χ1v) is 8.51. The van der Waals surface area contributed by atoms with Crippen molar-refractivity contribution in [1.82, 2.24) is 0 Å². The van der Waals surface area contributed by atoms with Crippen molar-refractivity contribution in [1.29, 1.82) is 0 Å². The number of ether oxygens (including phenoxy) is 1. The van der Waals surface area contributed by atoms with E-state index in [0.717, 1.165) is 35.0 Å². The number of aryl methyl sites for hydroxylation is 3. The predicted molar refractivity (Wildman–Crippen MR) is 99.4 cm³/mol. The summed E-state index contributed by atoms with van der Waals surface area (Å²) in [6.07, 6.45) is 5.82. The number of nitrogens with zero attached hydrogens (tertiary/aromatic N) is 1. The summed E-state index contributed by atoms with van der Waals surface area (Å²) in [6, 6.07) is 12.3. The van der Waals surface area contributed by atoms with Gasteiger partial charge in [0.1, 0.15) is 6.54 Å². The topological polar surface area (TPSA) is 38.3 Å². The van der Waals surface area contributed by atoms with Crippen molar-refractivity contribution >= 4 is 22.9 Å². The summed E-state index contributed by atoms with van der Waals surface area (Å²) in [5.41, 5.74) is 5.45. The standard InChI is InChI=1S/C21H20N2O2/c1-4-23-17-13-15(3)9-11-19(17)25-21(23)7-5-6-20-22-16-12-14(2)8-10-18(16)24-20/h5-13H,4H2,1-3H3/p+1. The van der Waals surface area contributed by atoms with Crippen LogP contribution in [0.1, 0.15) is 23.9 Å². The average Bonchev–Trinajstić information content (AvgIpc) is 3.14. The lowest BCUT2D eigenvalue weighted by molar-refractivity contribution is -0.674. The second-order valence-corrected chi connectivity index (χ2v) is 6.27. The van der Waals surface area contributed by atoms with E-state index in [4.69, 9.17) is 9.15 Å². The van der Waals surface area contributed by atoms with E-state index in [9.17, 15) is 0 Å². The zero-order valence-electron chi connectivity index (χ0n) is 14.7. The molecule has 3 aromatic rings. The molecule has 4 rings (SSSR count). The van der Waals surface area contributed by atoms with Crippen molar-refractivity contribution in [2.75, 3.05) is 5.32 Å². The maximum Gasteiger partial charge on any atom is 0.374 e. The maximum atomic E-state index is 5.97. The zero-order valence-corrected chi connectivity index (χ0v) is 14.7. The summed E-state index contributed by atoms with van der Waals surface area (Å²) in [5.74, 6) is 2.39. The summed E-state index contributed by atoms with van der Waals surface area (Å²) >= 11 is 0. The third-order valence-corrected chi connectivity index (χ3v) is 4.30. The molecule has 0 atom stereocenters. The molecule has 1 aliphatic rings. The van der Waals surface area contributed by atoms with Crippen LogP contribution in [0.25, 0.3) is 17.2 Å². The summed E-state index contributed by atoms with van der Waals surface area (Å²) in [5, 5.41) is 3.27. The summed E-state index contributed by atoms with van der Waals surface area (Å²) < 4.78 is 13.9. The quantitative estimate of drug-likeness (QED) is 0.705. The molecule has 126 valence electrons. The Balaban J connectivity index is 1.60. The van der Waals surface area contributed by atoms with Crippen molar-refractivity contribution in [3.05, 3.63) is 71.5 Å². The Bertz CT molecular complexity index is 1010. The lowest BCUT2D eigenvalue weighted by Crippen LogP contribution is -2.33. The fourth-order valence-electron chi connectivity index (χ4n) is 3.06. The molecule has 0 saturated heterocycles. The van der Waals surface area contributed by atoms with Gasteiger partial charge in [-0.2, -0.15) is 4.57 Å². The molecule has 0 fully saturated rings. The van der Waals surface area contributed by atoms with Gasteiger partial charge < -0.3 is 14.5 Å². The Morgan fingerprint density at radius 3 is 2.72 bits per heavy atom. The van der Waals surface area contributed by atoms with Gasteiger partial charge in [0.05, 0.1) is 11.8 Å². The van der Waals surface area contributed by atoms with Gasteiger partial charge in [0.2, 0.25) is 5.58 Å². The minimum Gasteiger partial charge on any atom is -0.439 e. The molecule has 0 saturated carbocycles. The van der Waals surface area contributed by atoms with E-state index < -0.39 is 0 Å². The van der Waals surface area contributed by atoms with Gasteiger partial charge in [-0.25, -0.2) is 0 Å². The van der Waals surface area contributed by atoms with Gasteiger partial charge in [0.15, 0.2) is 11.6 Å². The first-order chi connectivity index (χ1) is 12.1. The molecule has 4 nitrogen and oxygen atoms in total. The minimum absolute atomic E-state index is 0.715. The average molecular weight is 333 g/mol. The summed E-state index contributed by atoms with van der Waals surface area (Å²) in [7, 11) is 0. The molecule has 1 aliphatic heterocycles. The smallest absolute Gasteiger partial charge is 0.374 e. The number of hydrogen-bond donors (Lipinski definition) is 1. The fraction of sp³-hybridized carbons (Fsp3) is 0.190. The normalized spacial score (nSPS) is 14.9. The number of anilines is 1. The van der Waals surface area contributed by atoms with Gasteiger partial charge in [0, 0.05) is 6.07 Å². The second-order valence-electron chi connectivity index (χ2n) is 6.27. The molecule has 1 aromatic heterocycles. The Morgan fingerprint density at radius 2 is 1.88 bits per heavy atom. The summed E-state index contributed by atoms with van der Waals surface area (Å²) in [4.78, 5) is 0. The predicted octanol–water partition coefficient (Wildman–Crippen LogP) is 4.72. The molecule has 0 amide bonds. The largest absolute Gasteiger partial charge is 0.439 e. The van der Waals surface area contributed by atoms with E-state index in [1.165, 1.54) is 11.1 Å². The highest BCUT2D eigenvalue weighted by molar-refractivity contribution is 5.71. The monoisotopic (exact) mass is 333 g/mol. The zero-order chi connectivity index (χ0) is 17.4. The highest BCUT2D eigenvalue weighted by Crippen LogP contribution is 2.33. The molecular weight excluding hydrogens is 312 g/mol. The molecule has 0 radical (unpaired) electrons. The minimum atomic E-state index is 0.715. The third-order valence-electron chi connectivity index (χ3n) is 4.30. The number of nitrogens with one attached hydrogen (secondary N) is 1. The lowest BCUT2D eigenvalue weighted by atomic mass is 10.2. The number of oxazole rings is 1. The molecule has 1 N–H and O–H groups in total. The van der Waals surface area contributed by atoms with Crippen LogP contribution in [0.3, 0.4) is 0 Å². The number of rotatable bonds is 3. The molecule has 2 aromatic carbocycles. The van der Waals surface area contributed by atoms with Crippen molar-refractivity contribution in [3.63, 3.8) is 0 Å². The first-order valence-electron chi connectivity index (χ1n) is 8.51. The van der Waals surface area contributed by atoms with E-state index in [-0.39, 0.29) is 0 Å². The third kappa shape index (κ3) is 2.91. The Hall–Kier alpha value is -3.01. The van der Waals surface area contributed by atoms with E-state index in [1.807, 2.05) is 36.4 Å². The molecule has 2 heterocycles. The lowest BCUT2D eigenvalue weighted by Gasteiger charge is -1.95. The van der Waals surface area contributed by atoms with Crippen LogP contribution in [0.15, 0.2) is 58.9 Å². The maximum absolute atomic E-state index is 5.97. The van der Waals surface area contributed by atoms with Crippen LogP contribution in [-0.4, -0.2) is 0 Å². The molecule has 0 aliphatic carbocycles. The molecule has 4 heteroatoms. The highest BCUT2D eigenvalue weighted by atomic mass is 16.5. The van der Waals surface area contributed by atoms with Gasteiger partial charge >= 0.3 is 5.89 Å². The Labute approximate surface area is 147 Å². The fourth-order valence-corrected chi connectivity index (χ4v) is 3.06. The summed E-state index contributed by atoms with van der Waals surface area (Å²) in [6.45, 7) is 7.13. The Morgan fingerprint density at radius 1 is 1.08 bits per heavy atom. The van der Waals surface area contributed by atoms with Gasteiger partial charge in [-0.05, 0) is 62.2 Å². The number of fused-ring (bicyclic) bond motifs is 2. The van der Waals surface area contributed by atoms with E-state index in [0.29, 0.717) is 5.88 Å². The van der Waals surface area contributed by atoms with Crippen molar-refractivity contribution in [2.45, 2.75) is 27.3 Å². The van der Waals surface area contributed by atoms with E-state index >= 15 is 0 Å². The van der Waals surface area contributed by atoms with Crippen LogP contribution < -0.4 is 14.6 Å². The highest BCUT2D eigenvalue weighted by Gasteiger charge is 2.19. The van der Waals surface area contributed by atoms with Crippen molar-refractivity contribution in [2.24, 2.45) is 0 Å². The van der Waals surface area contributed by atoms with Gasteiger partial charge in [-0.15, -0.1) is 0 Å². The molecule has 0 spiro atoms. The van der Waals surface area contributed by atoms with E-state index in [1.54, 1.807) is 0 Å². The molecule has 0 bridgehead atoms. The number of hydrogen-bond acceptors (Lipinski definition) is 3. The number of aromatic nitrogens is 1. The molecular formula is C21H21N2O2+. The van der Waals surface area contributed by atoms with Crippen LogP contribution in [0.5, 0.6) is 5.75 Å². The Kier molecular flexibility index (Phi) is 3.80. The molecule has 25 heavy (non-hydrogen) atoms. The van der Waals surface area contributed by atoms with Crippen LogP contribution in [0.4, 0.5) is 5.69 Å². The molecule has 0 unspecified atom stereocenters. The van der Waals surface area contributed by atoms with Crippen LogP contribution in [-0.2, 0) is 6.54 Å². The van der Waals surface area contributed by atoms with Crippen LogP contribution in [0, 0.1) is 13.8 Å². The number of benzene rings is 2. The second kappa shape index (κ2) is 6.13. The number of allylic oxidation sites excluding steroid dienone is 2. The SMILES string of the molecule is CC[n+]1c(C=CC=C2Nc3cc(C)ccc3O2)oc2ccc(C)cc21. The first kappa shape index (κ1) is 15.5. The van der Waals surface area contributed by atoms with Crippen molar-refractivity contribution in [3.8, 4) is 5.75 Å². The van der Waals surface area contributed by atoms with Gasteiger partial charge in [0.25, 0.3) is 5.52 Å².